The molecule has 0 saturated heterocycles. The largest absolute Gasteiger partial charge is 0.507 e. The number of hydrogen-bond donors (Lipinski definition) is 1. The Hall–Kier alpha value is -2.54. The van der Waals surface area contributed by atoms with Gasteiger partial charge in [-0.3, -0.25) is 4.31 Å². The zero-order valence-electron chi connectivity index (χ0n) is 15.6. The van der Waals surface area contributed by atoms with Gasteiger partial charge in [0.15, 0.2) is 0 Å². The number of rotatable bonds is 4. The number of nitrogens with zero attached hydrogens (tertiary/aromatic N) is 1. The van der Waals surface area contributed by atoms with Crippen LogP contribution in [0.5, 0.6) is 5.75 Å². The quantitative estimate of drug-likeness (QED) is 0.812. The van der Waals surface area contributed by atoms with E-state index in [0.29, 0.717) is 12.1 Å². The molecular weight excluding hydrogens is 366 g/mol. The summed E-state index contributed by atoms with van der Waals surface area (Å²) in [6.07, 6.45) is 2.33. The van der Waals surface area contributed by atoms with Crippen molar-refractivity contribution in [1.82, 2.24) is 0 Å². The molecule has 1 N–H and O–H groups in total. The summed E-state index contributed by atoms with van der Waals surface area (Å²) in [6.45, 7) is 3.90. The first-order valence-corrected chi connectivity index (χ1v) is 10.3. The molecule has 3 rings (SSSR count). The summed E-state index contributed by atoms with van der Waals surface area (Å²) in [5, 5.41) is 9.88. The standard InChI is InChI=1S/C20H23NO5S/c1-4-14-6-8-15-7-5-13(2)21(18(15)11-14)27(24,25)16-9-10-19(22)17(12-16)20(23)26-3/h6,8-13,22H,4-5,7H2,1-3H3/t13-/m0/s1. The lowest BCUT2D eigenvalue weighted by Crippen LogP contribution is -2.42. The Morgan fingerprint density at radius 2 is 2.00 bits per heavy atom. The van der Waals surface area contributed by atoms with Crippen LogP contribution in [0.3, 0.4) is 0 Å². The van der Waals surface area contributed by atoms with Crippen molar-refractivity contribution in [2.24, 2.45) is 0 Å². The lowest BCUT2D eigenvalue weighted by atomic mass is 9.97. The first-order chi connectivity index (χ1) is 12.8. The van der Waals surface area contributed by atoms with Gasteiger partial charge in [0.1, 0.15) is 11.3 Å². The second-order valence-corrected chi connectivity index (χ2v) is 8.49. The molecule has 2 aromatic carbocycles. The highest BCUT2D eigenvalue weighted by Gasteiger charge is 2.34. The van der Waals surface area contributed by atoms with Gasteiger partial charge in [0.2, 0.25) is 0 Å². The van der Waals surface area contributed by atoms with Crippen LogP contribution in [-0.2, 0) is 27.6 Å². The van der Waals surface area contributed by atoms with Crippen LogP contribution in [0.1, 0.15) is 41.8 Å². The maximum Gasteiger partial charge on any atom is 0.341 e. The van der Waals surface area contributed by atoms with Crippen LogP contribution < -0.4 is 4.31 Å². The molecule has 144 valence electrons. The average Bonchev–Trinajstić information content (AvgIpc) is 2.66. The molecule has 6 nitrogen and oxygen atoms in total. The summed E-state index contributed by atoms with van der Waals surface area (Å²) >= 11 is 0. The van der Waals surface area contributed by atoms with E-state index in [9.17, 15) is 18.3 Å². The number of phenolic OH excluding ortho intramolecular Hbond substituents is 1. The lowest BCUT2D eigenvalue weighted by molar-refractivity contribution is 0.0597. The van der Waals surface area contributed by atoms with E-state index < -0.39 is 16.0 Å². The number of sulfonamides is 1. The number of hydrogen-bond acceptors (Lipinski definition) is 5. The van der Waals surface area contributed by atoms with Crippen molar-refractivity contribution < 1.29 is 23.1 Å². The Labute approximate surface area is 159 Å². The van der Waals surface area contributed by atoms with E-state index in [1.807, 2.05) is 32.0 Å². The van der Waals surface area contributed by atoms with Gasteiger partial charge in [0, 0.05) is 6.04 Å². The molecule has 0 spiro atoms. The van der Waals surface area contributed by atoms with Crippen LogP contribution in [-0.4, -0.2) is 32.6 Å². The molecule has 0 aromatic heterocycles. The van der Waals surface area contributed by atoms with Gasteiger partial charge < -0.3 is 9.84 Å². The SMILES string of the molecule is CCc1ccc2c(c1)N(S(=O)(=O)c1ccc(O)c(C(=O)OC)c1)[C@@H](C)CC2. The van der Waals surface area contributed by atoms with Crippen molar-refractivity contribution in [2.75, 3.05) is 11.4 Å². The third kappa shape index (κ3) is 3.39. The minimum absolute atomic E-state index is 0.0534. The van der Waals surface area contributed by atoms with Gasteiger partial charge in [0.25, 0.3) is 10.0 Å². The Morgan fingerprint density at radius 1 is 1.26 bits per heavy atom. The van der Waals surface area contributed by atoms with Crippen molar-refractivity contribution >= 4 is 21.7 Å². The van der Waals surface area contributed by atoms with Gasteiger partial charge in [-0.25, -0.2) is 13.2 Å². The molecule has 7 heteroatoms. The summed E-state index contributed by atoms with van der Waals surface area (Å²) < 4.78 is 32.9. The maximum absolute atomic E-state index is 13.4. The fourth-order valence-electron chi connectivity index (χ4n) is 3.39. The van der Waals surface area contributed by atoms with Crippen LogP contribution in [0, 0.1) is 0 Å². The number of benzene rings is 2. The molecule has 0 bridgehead atoms. The van der Waals surface area contributed by atoms with Crippen molar-refractivity contribution in [3.63, 3.8) is 0 Å². The third-order valence-electron chi connectivity index (χ3n) is 4.96. The lowest BCUT2D eigenvalue weighted by Gasteiger charge is -2.36. The van der Waals surface area contributed by atoms with Gasteiger partial charge in [0.05, 0.1) is 17.7 Å². The first-order valence-electron chi connectivity index (χ1n) is 8.87. The molecule has 1 heterocycles. The monoisotopic (exact) mass is 389 g/mol. The summed E-state index contributed by atoms with van der Waals surface area (Å²) in [7, 11) is -2.74. The molecule has 0 unspecified atom stereocenters. The van der Waals surface area contributed by atoms with E-state index in [0.717, 1.165) is 24.0 Å². The third-order valence-corrected chi connectivity index (χ3v) is 6.88. The van der Waals surface area contributed by atoms with Gasteiger partial charge in [-0.1, -0.05) is 19.1 Å². The minimum Gasteiger partial charge on any atom is -0.507 e. The molecule has 2 aromatic rings. The van der Waals surface area contributed by atoms with E-state index in [4.69, 9.17) is 0 Å². The topological polar surface area (TPSA) is 83.9 Å². The zero-order chi connectivity index (χ0) is 19.8. The number of fused-ring (bicyclic) bond motifs is 1. The number of aromatic hydroxyl groups is 1. The first kappa shape index (κ1) is 19.2. The smallest absolute Gasteiger partial charge is 0.341 e. The summed E-state index contributed by atoms with van der Waals surface area (Å²) in [4.78, 5) is 11.8. The fourth-order valence-corrected chi connectivity index (χ4v) is 5.14. The molecule has 0 aliphatic carbocycles. The Bertz CT molecular complexity index is 984. The molecule has 0 radical (unpaired) electrons. The number of aryl methyl sites for hydroxylation is 2. The number of methoxy groups -OCH3 is 1. The molecule has 1 aliphatic rings. The highest BCUT2D eigenvalue weighted by atomic mass is 32.2. The van der Waals surface area contributed by atoms with Crippen LogP contribution in [0.15, 0.2) is 41.3 Å². The van der Waals surface area contributed by atoms with Crippen molar-refractivity contribution in [1.29, 1.82) is 0 Å². The van der Waals surface area contributed by atoms with Crippen molar-refractivity contribution in [3.05, 3.63) is 53.1 Å². The predicted octanol–water partition coefficient (Wildman–Crippen LogP) is 3.27. The molecular formula is C20H23NO5S. The molecule has 27 heavy (non-hydrogen) atoms. The van der Waals surface area contributed by atoms with E-state index in [2.05, 4.69) is 4.74 Å². The normalized spacial score (nSPS) is 16.7. The number of carbonyl (C=O) groups is 1. The van der Waals surface area contributed by atoms with E-state index >= 15 is 0 Å². The molecule has 0 fully saturated rings. The van der Waals surface area contributed by atoms with E-state index in [-0.39, 0.29) is 22.3 Å². The maximum atomic E-state index is 13.4. The summed E-state index contributed by atoms with van der Waals surface area (Å²) in [5.41, 5.74) is 2.55. The predicted molar refractivity (Wildman–Crippen MR) is 103 cm³/mol. The molecule has 1 atom stereocenters. The van der Waals surface area contributed by atoms with Gasteiger partial charge in [-0.05, 0) is 61.6 Å². The van der Waals surface area contributed by atoms with Crippen molar-refractivity contribution in [2.45, 2.75) is 44.0 Å². The zero-order valence-corrected chi connectivity index (χ0v) is 16.4. The molecule has 0 saturated carbocycles. The highest BCUT2D eigenvalue weighted by Crippen LogP contribution is 2.37. The average molecular weight is 389 g/mol. The van der Waals surface area contributed by atoms with Crippen LogP contribution in [0.4, 0.5) is 5.69 Å². The van der Waals surface area contributed by atoms with Crippen LogP contribution >= 0.6 is 0 Å². The highest BCUT2D eigenvalue weighted by molar-refractivity contribution is 7.92. The van der Waals surface area contributed by atoms with E-state index in [1.165, 1.54) is 29.6 Å². The number of phenols is 1. The summed E-state index contributed by atoms with van der Waals surface area (Å²) in [6, 6.07) is 9.39. The Balaban J connectivity index is 2.14. The van der Waals surface area contributed by atoms with Crippen LogP contribution in [0.2, 0.25) is 0 Å². The van der Waals surface area contributed by atoms with Crippen LogP contribution in [0.25, 0.3) is 0 Å². The van der Waals surface area contributed by atoms with Crippen molar-refractivity contribution in [3.8, 4) is 5.75 Å². The number of carbonyl (C=O) groups excluding carboxylic acids is 1. The van der Waals surface area contributed by atoms with E-state index in [1.54, 1.807) is 0 Å². The number of esters is 1. The Kier molecular flexibility index (Phi) is 5.15. The van der Waals surface area contributed by atoms with Gasteiger partial charge >= 0.3 is 5.97 Å². The van der Waals surface area contributed by atoms with Gasteiger partial charge in [-0.2, -0.15) is 0 Å². The fraction of sp³-hybridized carbons (Fsp3) is 0.350. The number of ether oxygens (including phenoxy) is 1. The minimum atomic E-state index is -3.92. The second kappa shape index (κ2) is 7.23. The number of anilines is 1. The molecule has 0 amide bonds. The van der Waals surface area contributed by atoms with Gasteiger partial charge in [-0.15, -0.1) is 0 Å². The second-order valence-electron chi connectivity index (χ2n) is 6.68. The molecule has 1 aliphatic heterocycles. The Morgan fingerprint density at radius 3 is 2.67 bits per heavy atom. The summed E-state index contributed by atoms with van der Waals surface area (Å²) in [5.74, 6) is -1.11.